The second kappa shape index (κ2) is 11.1. The van der Waals surface area contributed by atoms with Crippen molar-refractivity contribution < 1.29 is 9.53 Å². The quantitative estimate of drug-likeness (QED) is 0.347. The first-order valence-electron chi connectivity index (χ1n) is 12.8. The molecule has 0 radical (unpaired) electrons. The number of carbonyl (C=O) groups is 1. The Bertz CT molecular complexity index is 1390. The average molecular weight is 500 g/mol. The predicted molar refractivity (Wildman–Crippen MR) is 143 cm³/mol. The van der Waals surface area contributed by atoms with Crippen LogP contribution in [0, 0.1) is 6.92 Å². The molecule has 0 N–H and O–H groups in total. The van der Waals surface area contributed by atoms with Gasteiger partial charge in [-0.15, -0.1) is 0 Å². The van der Waals surface area contributed by atoms with Crippen molar-refractivity contribution in [2.45, 2.75) is 26.4 Å². The zero-order valence-electron chi connectivity index (χ0n) is 21.5. The fourth-order valence-corrected chi connectivity index (χ4v) is 4.89. The molecule has 0 atom stereocenters. The Morgan fingerprint density at radius 2 is 1.70 bits per heavy atom. The lowest BCUT2D eigenvalue weighted by atomic mass is 10.1. The minimum Gasteiger partial charge on any atom is -0.385 e. The molecule has 8 heteroatoms. The van der Waals surface area contributed by atoms with Crippen LogP contribution >= 0.6 is 0 Å². The van der Waals surface area contributed by atoms with Crippen LogP contribution in [0.25, 0.3) is 16.9 Å². The lowest BCUT2D eigenvalue weighted by molar-refractivity contribution is 0.0627. The maximum absolute atomic E-state index is 13.8. The van der Waals surface area contributed by atoms with Crippen molar-refractivity contribution in [3.63, 3.8) is 0 Å². The number of pyridine rings is 1. The van der Waals surface area contributed by atoms with Crippen LogP contribution in [-0.2, 0) is 17.8 Å². The van der Waals surface area contributed by atoms with E-state index in [0.29, 0.717) is 48.7 Å². The van der Waals surface area contributed by atoms with Gasteiger partial charge in [-0.3, -0.25) is 14.5 Å². The molecule has 0 saturated carbocycles. The lowest BCUT2D eigenvalue weighted by Crippen LogP contribution is -2.48. The van der Waals surface area contributed by atoms with Gasteiger partial charge in [0.05, 0.1) is 16.8 Å². The number of rotatable bonds is 8. The van der Waals surface area contributed by atoms with Gasteiger partial charge in [0, 0.05) is 65.4 Å². The highest BCUT2D eigenvalue weighted by molar-refractivity contribution is 6.00. The van der Waals surface area contributed by atoms with E-state index in [1.54, 1.807) is 13.3 Å². The van der Waals surface area contributed by atoms with Crippen LogP contribution in [0.5, 0.6) is 0 Å². The maximum atomic E-state index is 13.8. The van der Waals surface area contributed by atoms with Crippen LogP contribution < -0.4 is 5.56 Å². The van der Waals surface area contributed by atoms with E-state index < -0.39 is 0 Å². The molecule has 5 rings (SSSR count). The SMILES string of the molecule is COCCCn1cc(C(=O)N2CCN(Cc3ccccc3C)CC2)c2nn(-c3ccccc3)c(=O)c-2c1. The van der Waals surface area contributed by atoms with Crippen molar-refractivity contribution in [1.82, 2.24) is 24.1 Å². The number of methoxy groups -OCH3 is 1. The van der Waals surface area contributed by atoms with Crippen LogP contribution in [0.4, 0.5) is 0 Å². The van der Waals surface area contributed by atoms with Gasteiger partial charge in [-0.2, -0.15) is 9.78 Å². The molecule has 1 amide bonds. The predicted octanol–water partition coefficient (Wildman–Crippen LogP) is 3.44. The fourth-order valence-electron chi connectivity index (χ4n) is 4.89. The Balaban J connectivity index is 1.41. The Morgan fingerprint density at radius 3 is 2.43 bits per heavy atom. The Morgan fingerprint density at radius 1 is 0.973 bits per heavy atom. The third-order valence-electron chi connectivity index (χ3n) is 7.03. The molecule has 1 saturated heterocycles. The maximum Gasteiger partial charge on any atom is 0.282 e. The van der Waals surface area contributed by atoms with Crippen LogP contribution in [-0.4, -0.2) is 70.0 Å². The normalized spacial score (nSPS) is 14.4. The van der Waals surface area contributed by atoms with E-state index in [1.807, 2.05) is 46.0 Å². The molecular formula is C29H33N5O3. The molecule has 1 fully saturated rings. The summed E-state index contributed by atoms with van der Waals surface area (Å²) in [6.07, 6.45) is 4.41. The molecule has 3 aliphatic rings. The van der Waals surface area contributed by atoms with Crippen LogP contribution in [0.2, 0.25) is 0 Å². The van der Waals surface area contributed by atoms with Crippen molar-refractivity contribution in [3.8, 4) is 16.9 Å². The smallest absolute Gasteiger partial charge is 0.282 e. The number of ether oxygens (including phenoxy) is 1. The van der Waals surface area contributed by atoms with E-state index >= 15 is 0 Å². The zero-order valence-corrected chi connectivity index (χ0v) is 21.5. The van der Waals surface area contributed by atoms with Crippen LogP contribution in [0.1, 0.15) is 27.9 Å². The van der Waals surface area contributed by atoms with Crippen molar-refractivity contribution in [2.75, 3.05) is 39.9 Å². The first kappa shape index (κ1) is 24.9. The summed E-state index contributed by atoms with van der Waals surface area (Å²) in [7, 11) is 1.67. The number of nitrogens with zero attached hydrogens (tertiary/aromatic N) is 5. The number of carbonyl (C=O) groups excluding carboxylic acids is 1. The van der Waals surface area contributed by atoms with Crippen molar-refractivity contribution in [1.29, 1.82) is 0 Å². The molecule has 0 aliphatic carbocycles. The molecule has 8 nitrogen and oxygen atoms in total. The number of aryl methyl sites for hydroxylation is 2. The standard InChI is InChI=1S/C29H33N5O3/c1-22-9-6-7-10-23(22)19-31-14-16-33(17-15-31)28(35)25-20-32(13-8-18-37-2)21-26-27(25)30-34(29(26)36)24-11-4-3-5-12-24/h3-7,9-12,20-21H,8,13-19H2,1-2H3. The van der Waals surface area contributed by atoms with Gasteiger partial charge in [-0.25, -0.2) is 0 Å². The lowest BCUT2D eigenvalue weighted by Gasteiger charge is -2.35. The highest BCUT2D eigenvalue weighted by atomic mass is 16.5. The number of hydrogen-bond donors (Lipinski definition) is 0. The van der Waals surface area contributed by atoms with E-state index in [9.17, 15) is 9.59 Å². The van der Waals surface area contributed by atoms with E-state index in [1.165, 1.54) is 15.8 Å². The van der Waals surface area contributed by atoms with E-state index in [4.69, 9.17) is 4.74 Å². The molecular weight excluding hydrogens is 466 g/mol. The number of para-hydroxylation sites is 1. The molecule has 37 heavy (non-hydrogen) atoms. The van der Waals surface area contributed by atoms with Gasteiger partial charge in [-0.1, -0.05) is 42.5 Å². The Hall–Kier alpha value is -3.75. The van der Waals surface area contributed by atoms with E-state index in [2.05, 4.69) is 41.2 Å². The number of benzene rings is 2. The molecule has 2 aromatic rings. The highest BCUT2D eigenvalue weighted by Crippen LogP contribution is 2.24. The fraction of sp³-hybridized carbons (Fsp3) is 0.345. The number of hydrogen-bond acceptors (Lipinski definition) is 5. The monoisotopic (exact) mass is 499 g/mol. The molecule has 0 unspecified atom stereocenters. The van der Waals surface area contributed by atoms with Gasteiger partial charge in [0.1, 0.15) is 5.69 Å². The highest BCUT2D eigenvalue weighted by Gasteiger charge is 2.29. The van der Waals surface area contributed by atoms with Crippen molar-refractivity contribution in [3.05, 3.63) is 94.0 Å². The molecule has 3 heterocycles. The van der Waals surface area contributed by atoms with Gasteiger partial charge in [0.2, 0.25) is 0 Å². The van der Waals surface area contributed by atoms with E-state index in [0.717, 1.165) is 26.1 Å². The molecule has 3 aliphatic heterocycles. The Kier molecular flexibility index (Phi) is 7.48. The molecule has 0 bridgehead atoms. The summed E-state index contributed by atoms with van der Waals surface area (Å²) >= 11 is 0. The number of amides is 1. The van der Waals surface area contributed by atoms with Crippen molar-refractivity contribution in [2.24, 2.45) is 0 Å². The number of fused-ring (bicyclic) bond motifs is 1. The zero-order chi connectivity index (χ0) is 25.8. The third-order valence-corrected chi connectivity index (χ3v) is 7.03. The first-order chi connectivity index (χ1) is 18.0. The summed E-state index contributed by atoms with van der Waals surface area (Å²) in [6, 6.07) is 17.8. The minimum absolute atomic E-state index is 0.0839. The molecule has 2 aromatic carbocycles. The van der Waals surface area contributed by atoms with Gasteiger partial charge >= 0.3 is 0 Å². The first-order valence-corrected chi connectivity index (χ1v) is 12.8. The second-order valence-electron chi connectivity index (χ2n) is 9.57. The van der Waals surface area contributed by atoms with Gasteiger partial charge in [0.15, 0.2) is 0 Å². The summed E-state index contributed by atoms with van der Waals surface area (Å²) in [5.74, 6) is -0.0839. The Labute approximate surface area is 217 Å². The molecule has 0 spiro atoms. The minimum atomic E-state index is -0.223. The second-order valence-corrected chi connectivity index (χ2v) is 9.57. The summed E-state index contributed by atoms with van der Waals surface area (Å²) in [4.78, 5) is 31.4. The summed E-state index contributed by atoms with van der Waals surface area (Å²) in [6.45, 7) is 7.13. The molecule has 0 aromatic heterocycles. The van der Waals surface area contributed by atoms with Gasteiger partial charge in [0.25, 0.3) is 11.5 Å². The largest absolute Gasteiger partial charge is 0.385 e. The summed E-state index contributed by atoms with van der Waals surface area (Å²) in [5.41, 5.74) is 4.42. The molecule has 192 valence electrons. The van der Waals surface area contributed by atoms with Crippen molar-refractivity contribution >= 4 is 5.91 Å². The topological polar surface area (TPSA) is 72.6 Å². The van der Waals surface area contributed by atoms with Gasteiger partial charge < -0.3 is 14.2 Å². The average Bonchev–Trinajstić information content (AvgIpc) is 3.26. The van der Waals surface area contributed by atoms with Crippen LogP contribution in [0.15, 0.2) is 71.8 Å². The van der Waals surface area contributed by atoms with Crippen LogP contribution in [0.3, 0.4) is 0 Å². The van der Waals surface area contributed by atoms with Gasteiger partial charge in [-0.05, 0) is 36.6 Å². The van der Waals surface area contributed by atoms with E-state index in [-0.39, 0.29) is 11.5 Å². The summed E-state index contributed by atoms with van der Waals surface area (Å²) < 4.78 is 8.51. The number of aromatic nitrogens is 3. The third kappa shape index (κ3) is 5.35. The number of piperazine rings is 1. The summed E-state index contributed by atoms with van der Waals surface area (Å²) in [5, 5.41) is 4.62.